The molecular formula is C12H13NO3. The second kappa shape index (κ2) is 5.76. The molecule has 4 heteroatoms. The largest absolute Gasteiger partial charge is 0.497 e. The molecule has 0 aliphatic rings. The minimum absolute atomic E-state index is 0.131. The van der Waals surface area contributed by atoms with Crippen LogP contribution in [0.3, 0.4) is 0 Å². The molecule has 0 amide bonds. The molecule has 0 radical (unpaired) electrons. The first-order valence-electron chi connectivity index (χ1n) is 4.90. The maximum Gasteiger partial charge on any atom is 0.304 e. The van der Waals surface area contributed by atoms with Crippen LogP contribution in [0, 0.1) is 17.2 Å². The van der Waals surface area contributed by atoms with Crippen molar-refractivity contribution in [1.82, 2.24) is 0 Å². The summed E-state index contributed by atoms with van der Waals surface area (Å²) in [6.07, 6.45) is 0.299. The Morgan fingerprint density at radius 1 is 1.62 bits per heavy atom. The average Bonchev–Trinajstić information content (AvgIpc) is 2.28. The maximum absolute atomic E-state index is 10.5. The van der Waals surface area contributed by atoms with Crippen LogP contribution in [0.1, 0.15) is 12.0 Å². The van der Waals surface area contributed by atoms with Gasteiger partial charge in [-0.15, -0.1) is 0 Å². The highest BCUT2D eigenvalue weighted by atomic mass is 16.5. The summed E-state index contributed by atoms with van der Waals surface area (Å²) < 4.78 is 5.05. The maximum atomic E-state index is 10.5. The number of carbonyl (C=O) groups is 1. The van der Waals surface area contributed by atoms with Crippen molar-refractivity contribution in [2.24, 2.45) is 5.92 Å². The third kappa shape index (κ3) is 3.62. The van der Waals surface area contributed by atoms with Crippen LogP contribution in [-0.4, -0.2) is 18.2 Å². The van der Waals surface area contributed by atoms with Crippen LogP contribution in [0.2, 0.25) is 0 Å². The highest BCUT2D eigenvalue weighted by Gasteiger charge is 2.13. The van der Waals surface area contributed by atoms with Gasteiger partial charge in [0, 0.05) is 0 Å². The van der Waals surface area contributed by atoms with E-state index in [2.05, 4.69) is 0 Å². The minimum Gasteiger partial charge on any atom is -0.497 e. The van der Waals surface area contributed by atoms with Gasteiger partial charge in [0.2, 0.25) is 0 Å². The second-order valence-corrected chi connectivity index (χ2v) is 3.48. The number of benzene rings is 1. The van der Waals surface area contributed by atoms with E-state index in [1.807, 2.05) is 30.3 Å². The second-order valence-electron chi connectivity index (χ2n) is 3.48. The molecule has 1 aromatic carbocycles. The van der Waals surface area contributed by atoms with Crippen LogP contribution in [-0.2, 0) is 11.2 Å². The van der Waals surface area contributed by atoms with Gasteiger partial charge in [0.05, 0.1) is 25.5 Å². The Hall–Kier alpha value is -2.02. The van der Waals surface area contributed by atoms with Gasteiger partial charge in [-0.25, -0.2) is 0 Å². The van der Waals surface area contributed by atoms with Crippen molar-refractivity contribution in [2.45, 2.75) is 12.8 Å². The molecule has 0 spiro atoms. The Labute approximate surface area is 94.1 Å². The van der Waals surface area contributed by atoms with Gasteiger partial charge in [-0.05, 0) is 24.1 Å². The number of rotatable bonds is 5. The molecule has 0 saturated heterocycles. The topological polar surface area (TPSA) is 70.3 Å². The molecule has 1 atom stereocenters. The predicted molar refractivity (Wildman–Crippen MR) is 58.1 cm³/mol. The summed E-state index contributed by atoms with van der Waals surface area (Å²) in [6.45, 7) is 0. The minimum atomic E-state index is -0.950. The first kappa shape index (κ1) is 12.1. The van der Waals surface area contributed by atoms with Crippen molar-refractivity contribution >= 4 is 5.97 Å². The number of hydrogen-bond donors (Lipinski definition) is 1. The molecule has 4 nitrogen and oxygen atoms in total. The zero-order valence-electron chi connectivity index (χ0n) is 9.01. The molecule has 1 unspecified atom stereocenters. The normalized spacial score (nSPS) is 11.5. The monoisotopic (exact) mass is 219 g/mol. The summed E-state index contributed by atoms with van der Waals surface area (Å²) in [4.78, 5) is 10.5. The molecule has 0 fully saturated rings. The molecule has 1 aromatic rings. The SMILES string of the molecule is COc1cccc(CC(C#N)CC(=O)O)c1. The van der Waals surface area contributed by atoms with Gasteiger partial charge in [0.25, 0.3) is 0 Å². The summed E-state index contributed by atoms with van der Waals surface area (Å²) in [5.74, 6) is -0.733. The lowest BCUT2D eigenvalue weighted by Crippen LogP contribution is -2.08. The van der Waals surface area contributed by atoms with Crippen molar-refractivity contribution in [3.8, 4) is 11.8 Å². The van der Waals surface area contributed by atoms with Crippen LogP contribution < -0.4 is 4.74 Å². The van der Waals surface area contributed by atoms with Gasteiger partial charge in [-0.2, -0.15) is 5.26 Å². The van der Waals surface area contributed by atoms with E-state index in [-0.39, 0.29) is 6.42 Å². The number of hydrogen-bond acceptors (Lipinski definition) is 3. The van der Waals surface area contributed by atoms with Crippen molar-refractivity contribution in [2.75, 3.05) is 7.11 Å². The Morgan fingerprint density at radius 3 is 2.94 bits per heavy atom. The van der Waals surface area contributed by atoms with Gasteiger partial charge < -0.3 is 9.84 Å². The first-order chi connectivity index (χ1) is 7.65. The van der Waals surface area contributed by atoms with Crippen LogP contribution in [0.25, 0.3) is 0 Å². The number of carboxylic acid groups (broad SMARTS) is 1. The zero-order chi connectivity index (χ0) is 12.0. The third-order valence-electron chi connectivity index (χ3n) is 2.22. The molecule has 0 bridgehead atoms. The third-order valence-corrected chi connectivity index (χ3v) is 2.22. The van der Waals surface area contributed by atoms with Crippen molar-refractivity contribution in [3.05, 3.63) is 29.8 Å². The summed E-state index contributed by atoms with van der Waals surface area (Å²) in [7, 11) is 1.57. The number of nitriles is 1. The molecule has 16 heavy (non-hydrogen) atoms. The Morgan fingerprint density at radius 2 is 2.38 bits per heavy atom. The summed E-state index contributed by atoms with van der Waals surface area (Å²) >= 11 is 0. The molecule has 0 aliphatic heterocycles. The summed E-state index contributed by atoms with van der Waals surface area (Å²) in [5.41, 5.74) is 0.909. The number of ether oxygens (including phenoxy) is 1. The smallest absolute Gasteiger partial charge is 0.304 e. The Kier molecular flexibility index (Phi) is 4.34. The zero-order valence-corrected chi connectivity index (χ0v) is 9.01. The van der Waals surface area contributed by atoms with E-state index in [0.29, 0.717) is 12.2 Å². The number of methoxy groups -OCH3 is 1. The van der Waals surface area contributed by atoms with Crippen LogP contribution in [0.4, 0.5) is 0 Å². The molecule has 1 N–H and O–H groups in total. The molecule has 0 heterocycles. The average molecular weight is 219 g/mol. The van der Waals surface area contributed by atoms with Gasteiger partial charge in [-0.1, -0.05) is 12.1 Å². The van der Waals surface area contributed by atoms with Crippen LogP contribution >= 0.6 is 0 Å². The number of carboxylic acids is 1. The van der Waals surface area contributed by atoms with Crippen LogP contribution in [0.15, 0.2) is 24.3 Å². The lowest BCUT2D eigenvalue weighted by atomic mass is 9.97. The van der Waals surface area contributed by atoms with Gasteiger partial charge in [-0.3, -0.25) is 4.79 Å². The molecule has 0 aromatic heterocycles. The molecule has 0 aliphatic carbocycles. The lowest BCUT2D eigenvalue weighted by molar-refractivity contribution is -0.137. The predicted octanol–water partition coefficient (Wildman–Crippen LogP) is 1.85. The quantitative estimate of drug-likeness (QED) is 0.820. The molecule has 0 saturated carbocycles. The van der Waals surface area contributed by atoms with E-state index in [4.69, 9.17) is 15.1 Å². The van der Waals surface area contributed by atoms with E-state index in [1.54, 1.807) is 7.11 Å². The molecule has 84 valence electrons. The van der Waals surface area contributed by atoms with Crippen molar-refractivity contribution in [3.63, 3.8) is 0 Å². The number of nitrogens with zero attached hydrogens (tertiary/aromatic N) is 1. The standard InChI is InChI=1S/C12H13NO3/c1-16-11-4-2-3-9(6-11)5-10(8-13)7-12(14)15/h2-4,6,10H,5,7H2,1H3,(H,14,15). The van der Waals surface area contributed by atoms with E-state index < -0.39 is 11.9 Å². The Bertz CT molecular complexity index is 409. The lowest BCUT2D eigenvalue weighted by Gasteiger charge is -2.07. The van der Waals surface area contributed by atoms with Crippen molar-refractivity contribution < 1.29 is 14.6 Å². The van der Waals surface area contributed by atoms with E-state index >= 15 is 0 Å². The van der Waals surface area contributed by atoms with E-state index in [1.165, 1.54) is 0 Å². The fourth-order valence-corrected chi connectivity index (χ4v) is 1.46. The fourth-order valence-electron chi connectivity index (χ4n) is 1.46. The highest BCUT2D eigenvalue weighted by Crippen LogP contribution is 2.17. The highest BCUT2D eigenvalue weighted by molar-refractivity contribution is 5.67. The van der Waals surface area contributed by atoms with Crippen molar-refractivity contribution in [1.29, 1.82) is 5.26 Å². The molecular weight excluding hydrogens is 206 g/mol. The number of aliphatic carboxylic acids is 1. The first-order valence-corrected chi connectivity index (χ1v) is 4.90. The van der Waals surface area contributed by atoms with E-state index in [0.717, 1.165) is 5.56 Å². The van der Waals surface area contributed by atoms with Crippen LogP contribution in [0.5, 0.6) is 5.75 Å². The Balaban J connectivity index is 2.70. The summed E-state index contributed by atoms with van der Waals surface area (Å²) in [5, 5.41) is 17.4. The van der Waals surface area contributed by atoms with Gasteiger partial charge in [0.15, 0.2) is 0 Å². The van der Waals surface area contributed by atoms with Gasteiger partial charge in [0.1, 0.15) is 5.75 Å². The summed E-state index contributed by atoms with van der Waals surface area (Å²) in [6, 6.07) is 9.30. The van der Waals surface area contributed by atoms with Gasteiger partial charge >= 0.3 is 5.97 Å². The van der Waals surface area contributed by atoms with E-state index in [9.17, 15) is 4.79 Å². The molecule has 1 rings (SSSR count). The fraction of sp³-hybridized carbons (Fsp3) is 0.333.